The minimum atomic E-state index is -0.158. The summed E-state index contributed by atoms with van der Waals surface area (Å²) in [5.74, 6) is 1.31. The van der Waals surface area contributed by atoms with Gasteiger partial charge in [-0.15, -0.1) is 0 Å². The zero-order valence-corrected chi connectivity index (χ0v) is 14.2. The highest BCUT2D eigenvalue weighted by molar-refractivity contribution is 5.54. The molecule has 0 atom stereocenters. The van der Waals surface area contributed by atoms with Crippen molar-refractivity contribution in [2.75, 3.05) is 13.1 Å². The minimum Gasteiger partial charge on any atom is -0.341 e. The minimum absolute atomic E-state index is 0.158. The van der Waals surface area contributed by atoms with E-state index >= 15 is 0 Å². The number of nitrogens with zero attached hydrogens (tertiary/aromatic N) is 2. The van der Waals surface area contributed by atoms with E-state index in [0.29, 0.717) is 5.92 Å². The van der Waals surface area contributed by atoms with Gasteiger partial charge in [-0.2, -0.15) is 0 Å². The van der Waals surface area contributed by atoms with Crippen molar-refractivity contribution in [3.05, 3.63) is 77.9 Å². The number of benzene rings is 2. The van der Waals surface area contributed by atoms with Crippen LogP contribution in [0.3, 0.4) is 0 Å². The summed E-state index contributed by atoms with van der Waals surface area (Å²) in [5.41, 5.74) is 3.52. The van der Waals surface area contributed by atoms with Crippen molar-refractivity contribution in [3.8, 4) is 11.4 Å². The van der Waals surface area contributed by atoms with Crippen LogP contribution in [0.2, 0.25) is 0 Å². The van der Waals surface area contributed by atoms with Gasteiger partial charge in [-0.05, 0) is 49.5 Å². The van der Waals surface area contributed by atoms with Crippen LogP contribution < -0.4 is 0 Å². The van der Waals surface area contributed by atoms with Gasteiger partial charge in [-0.25, -0.2) is 9.37 Å². The third kappa shape index (κ3) is 3.80. The van der Waals surface area contributed by atoms with Crippen molar-refractivity contribution in [1.82, 2.24) is 14.9 Å². The number of H-pyrrole nitrogens is 1. The molecule has 1 saturated heterocycles. The third-order valence-electron chi connectivity index (χ3n) is 5.00. The van der Waals surface area contributed by atoms with Gasteiger partial charge in [0.05, 0.1) is 0 Å². The predicted octanol–water partition coefficient (Wildman–Crippen LogP) is 4.60. The van der Waals surface area contributed by atoms with Crippen LogP contribution in [0.5, 0.6) is 0 Å². The SMILES string of the molecule is Fc1ccc(C2CCN(Cc3cnc(-c4ccccc4)[nH]3)CC2)cc1. The summed E-state index contributed by atoms with van der Waals surface area (Å²) in [5, 5.41) is 0. The molecular weight excluding hydrogens is 313 g/mol. The first kappa shape index (κ1) is 16.0. The summed E-state index contributed by atoms with van der Waals surface area (Å²) in [6, 6.07) is 17.2. The van der Waals surface area contributed by atoms with E-state index in [1.54, 1.807) is 12.1 Å². The monoisotopic (exact) mass is 335 g/mol. The van der Waals surface area contributed by atoms with E-state index in [1.807, 2.05) is 36.5 Å². The lowest BCUT2D eigenvalue weighted by Gasteiger charge is -2.31. The molecule has 2 heterocycles. The zero-order chi connectivity index (χ0) is 17.1. The third-order valence-corrected chi connectivity index (χ3v) is 5.00. The van der Waals surface area contributed by atoms with Gasteiger partial charge in [0.15, 0.2) is 0 Å². The molecule has 128 valence electrons. The van der Waals surface area contributed by atoms with Crippen molar-refractivity contribution in [2.24, 2.45) is 0 Å². The molecule has 0 spiro atoms. The molecule has 2 aromatic carbocycles. The highest BCUT2D eigenvalue weighted by Gasteiger charge is 2.21. The Morgan fingerprint density at radius 1 is 1.00 bits per heavy atom. The number of hydrogen-bond donors (Lipinski definition) is 1. The Kier molecular flexibility index (Phi) is 4.61. The van der Waals surface area contributed by atoms with Crippen molar-refractivity contribution in [3.63, 3.8) is 0 Å². The van der Waals surface area contributed by atoms with Gasteiger partial charge in [-0.1, -0.05) is 42.5 Å². The van der Waals surface area contributed by atoms with Crippen molar-refractivity contribution in [1.29, 1.82) is 0 Å². The summed E-state index contributed by atoms with van der Waals surface area (Å²) in [4.78, 5) is 10.4. The van der Waals surface area contributed by atoms with Gasteiger partial charge in [-0.3, -0.25) is 4.90 Å². The molecule has 1 aliphatic rings. The first-order valence-electron chi connectivity index (χ1n) is 8.85. The second kappa shape index (κ2) is 7.19. The molecule has 25 heavy (non-hydrogen) atoms. The summed E-state index contributed by atoms with van der Waals surface area (Å²) >= 11 is 0. The average Bonchev–Trinajstić information content (AvgIpc) is 3.12. The first-order chi connectivity index (χ1) is 12.3. The van der Waals surface area contributed by atoms with Crippen LogP contribution in [-0.2, 0) is 6.54 Å². The second-order valence-electron chi connectivity index (χ2n) is 6.73. The molecule has 0 aliphatic carbocycles. The lowest BCUT2D eigenvalue weighted by molar-refractivity contribution is 0.203. The van der Waals surface area contributed by atoms with E-state index in [2.05, 4.69) is 27.0 Å². The molecule has 1 N–H and O–H groups in total. The number of nitrogens with one attached hydrogen (secondary N) is 1. The number of aromatic nitrogens is 2. The quantitative estimate of drug-likeness (QED) is 0.756. The molecule has 1 aromatic heterocycles. The molecule has 4 heteroatoms. The van der Waals surface area contributed by atoms with Crippen molar-refractivity contribution >= 4 is 0 Å². The van der Waals surface area contributed by atoms with Crippen molar-refractivity contribution < 1.29 is 4.39 Å². The first-order valence-corrected chi connectivity index (χ1v) is 8.85. The molecule has 3 aromatic rings. The van der Waals surface area contributed by atoms with Gasteiger partial charge in [0.1, 0.15) is 11.6 Å². The molecular formula is C21H22FN3. The number of imidazole rings is 1. The van der Waals surface area contributed by atoms with Crippen LogP contribution in [0.25, 0.3) is 11.4 Å². The Labute approximate surface area is 147 Å². The highest BCUT2D eigenvalue weighted by Crippen LogP contribution is 2.28. The normalized spacial score (nSPS) is 16.2. The maximum absolute atomic E-state index is 13.1. The Bertz CT molecular complexity index is 803. The van der Waals surface area contributed by atoms with E-state index < -0.39 is 0 Å². The van der Waals surface area contributed by atoms with Crippen LogP contribution >= 0.6 is 0 Å². The van der Waals surface area contributed by atoms with Gasteiger partial charge < -0.3 is 4.98 Å². The van der Waals surface area contributed by atoms with E-state index in [0.717, 1.165) is 49.6 Å². The summed E-state index contributed by atoms with van der Waals surface area (Å²) in [6.45, 7) is 3.01. The summed E-state index contributed by atoms with van der Waals surface area (Å²) in [6.07, 6.45) is 4.17. The van der Waals surface area contributed by atoms with E-state index in [9.17, 15) is 4.39 Å². The largest absolute Gasteiger partial charge is 0.341 e. The Hall–Kier alpha value is -2.46. The molecule has 4 rings (SSSR count). The van der Waals surface area contributed by atoms with Crippen LogP contribution in [-0.4, -0.2) is 28.0 Å². The topological polar surface area (TPSA) is 31.9 Å². The average molecular weight is 335 g/mol. The van der Waals surface area contributed by atoms with Crippen molar-refractivity contribution in [2.45, 2.75) is 25.3 Å². The maximum atomic E-state index is 13.1. The molecule has 1 aliphatic heterocycles. The zero-order valence-electron chi connectivity index (χ0n) is 14.2. The van der Waals surface area contributed by atoms with Gasteiger partial charge in [0.25, 0.3) is 0 Å². The van der Waals surface area contributed by atoms with Gasteiger partial charge >= 0.3 is 0 Å². The summed E-state index contributed by atoms with van der Waals surface area (Å²) in [7, 11) is 0. The number of hydrogen-bond acceptors (Lipinski definition) is 2. The van der Waals surface area contributed by atoms with Crippen LogP contribution in [0.15, 0.2) is 60.8 Å². The van der Waals surface area contributed by atoms with Gasteiger partial charge in [0, 0.05) is 24.0 Å². The summed E-state index contributed by atoms with van der Waals surface area (Å²) < 4.78 is 13.1. The molecule has 1 fully saturated rings. The Morgan fingerprint density at radius 3 is 2.44 bits per heavy atom. The van der Waals surface area contributed by atoms with E-state index in [4.69, 9.17) is 0 Å². The fourth-order valence-corrected chi connectivity index (χ4v) is 3.58. The molecule has 0 radical (unpaired) electrons. The molecule has 0 amide bonds. The molecule has 0 saturated carbocycles. The predicted molar refractivity (Wildman–Crippen MR) is 97.7 cm³/mol. The second-order valence-corrected chi connectivity index (χ2v) is 6.73. The fourth-order valence-electron chi connectivity index (χ4n) is 3.58. The lowest BCUT2D eigenvalue weighted by atomic mass is 9.89. The molecule has 0 unspecified atom stereocenters. The Morgan fingerprint density at radius 2 is 1.72 bits per heavy atom. The van der Waals surface area contributed by atoms with Crippen LogP contribution in [0.1, 0.15) is 30.0 Å². The number of aromatic amines is 1. The Balaban J connectivity index is 1.34. The fraction of sp³-hybridized carbons (Fsp3) is 0.286. The smallest absolute Gasteiger partial charge is 0.137 e. The van der Waals surface area contributed by atoms with E-state index in [1.165, 1.54) is 5.56 Å². The number of rotatable bonds is 4. The molecule has 0 bridgehead atoms. The molecule has 3 nitrogen and oxygen atoms in total. The van der Waals surface area contributed by atoms with Gasteiger partial charge in [0.2, 0.25) is 0 Å². The number of piperidine rings is 1. The van der Waals surface area contributed by atoms with E-state index in [-0.39, 0.29) is 5.82 Å². The maximum Gasteiger partial charge on any atom is 0.137 e. The number of likely N-dealkylation sites (tertiary alicyclic amines) is 1. The van der Waals surface area contributed by atoms with Crippen LogP contribution in [0, 0.1) is 5.82 Å². The number of halogens is 1. The standard InChI is InChI=1S/C21H22FN3/c22-19-8-6-16(7-9-19)17-10-12-25(13-11-17)15-20-14-23-21(24-20)18-4-2-1-3-5-18/h1-9,14,17H,10-13,15H2,(H,23,24). The highest BCUT2D eigenvalue weighted by atomic mass is 19.1. The lowest BCUT2D eigenvalue weighted by Crippen LogP contribution is -2.32. The van der Waals surface area contributed by atoms with Crippen LogP contribution in [0.4, 0.5) is 4.39 Å².